The van der Waals surface area contributed by atoms with Crippen LogP contribution in [0.1, 0.15) is 39.2 Å². The molecule has 1 N–H and O–H groups in total. The van der Waals surface area contributed by atoms with Crippen molar-refractivity contribution in [3.63, 3.8) is 0 Å². The average molecular weight is 248 g/mol. The SMILES string of the molecule is CCC(C)(CC)Nc1nccc(C#N)c1[N+](=O)[O-]. The molecule has 0 saturated heterocycles. The van der Waals surface area contributed by atoms with Crippen LogP contribution in [0, 0.1) is 21.4 Å². The minimum absolute atomic E-state index is 0.0204. The van der Waals surface area contributed by atoms with Crippen molar-refractivity contribution in [2.75, 3.05) is 5.32 Å². The van der Waals surface area contributed by atoms with E-state index in [0.29, 0.717) is 0 Å². The molecule has 1 aromatic rings. The van der Waals surface area contributed by atoms with Crippen molar-refractivity contribution < 1.29 is 4.92 Å². The van der Waals surface area contributed by atoms with Gasteiger partial charge in [-0.15, -0.1) is 0 Å². The molecule has 96 valence electrons. The topological polar surface area (TPSA) is 91.8 Å². The Morgan fingerprint density at radius 1 is 1.56 bits per heavy atom. The van der Waals surface area contributed by atoms with E-state index in [0.717, 1.165) is 12.8 Å². The van der Waals surface area contributed by atoms with E-state index in [1.807, 2.05) is 26.8 Å². The van der Waals surface area contributed by atoms with Crippen molar-refractivity contribution >= 4 is 11.5 Å². The van der Waals surface area contributed by atoms with E-state index in [4.69, 9.17) is 5.26 Å². The summed E-state index contributed by atoms with van der Waals surface area (Å²) in [6.07, 6.45) is 3.01. The number of nitriles is 1. The molecule has 1 heterocycles. The maximum Gasteiger partial charge on any atom is 0.328 e. The van der Waals surface area contributed by atoms with Crippen molar-refractivity contribution in [2.45, 2.75) is 39.2 Å². The minimum atomic E-state index is -0.570. The first kappa shape index (κ1) is 13.9. The van der Waals surface area contributed by atoms with E-state index in [1.54, 1.807) is 0 Å². The van der Waals surface area contributed by atoms with Crippen LogP contribution in [0.5, 0.6) is 0 Å². The summed E-state index contributed by atoms with van der Waals surface area (Å²) in [5.41, 5.74) is -0.508. The van der Waals surface area contributed by atoms with Gasteiger partial charge in [-0.1, -0.05) is 13.8 Å². The van der Waals surface area contributed by atoms with Gasteiger partial charge < -0.3 is 5.32 Å². The van der Waals surface area contributed by atoms with E-state index >= 15 is 0 Å². The van der Waals surface area contributed by atoms with Crippen molar-refractivity contribution in [1.29, 1.82) is 5.26 Å². The Morgan fingerprint density at radius 3 is 2.61 bits per heavy atom. The Morgan fingerprint density at radius 2 is 2.17 bits per heavy atom. The predicted octanol–water partition coefficient (Wildman–Crippen LogP) is 2.85. The second kappa shape index (κ2) is 5.45. The van der Waals surface area contributed by atoms with Gasteiger partial charge in [0.25, 0.3) is 0 Å². The van der Waals surface area contributed by atoms with E-state index in [-0.39, 0.29) is 22.6 Å². The summed E-state index contributed by atoms with van der Waals surface area (Å²) in [6, 6.07) is 3.16. The Bertz CT molecular complexity index is 489. The largest absolute Gasteiger partial charge is 0.359 e. The van der Waals surface area contributed by atoms with Crippen LogP contribution in [0.2, 0.25) is 0 Å². The quantitative estimate of drug-likeness (QED) is 0.639. The highest BCUT2D eigenvalue weighted by molar-refractivity contribution is 5.64. The number of nitrogens with one attached hydrogen (secondary N) is 1. The van der Waals surface area contributed by atoms with E-state index in [1.165, 1.54) is 12.3 Å². The van der Waals surface area contributed by atoms with Crippen LogP contribution in [-0.2, 0) is 0 Å². The third kappa shape index (κ3) is 2.74. The highest BCUT2D eigenvalue weighted by Gasteiger charge is 2.27. The zero-order valence-electron chi connectivity index (χ0n) is 10.7. The van der Waals surface area contributed by atoms with Gasteiger partial charge in [0.15, 0.2) is 0 Å². The van der Waals surface area contributed by atoms with Crippen molar-refractivity contribution in [3.05, 3.63) is 27.9 Å². The number of hydrogen-bond acceptors (Lipinski definition) is 5. The number of aromatic nitrogens is 1. The summed E-state index contributed by atoms with van der Waals surface area (Å²) in [5.74, 6) is 0.158. The number of rotatable bonds is 5. The van der Waals surface area contributed by atoms with E-state index in [2.05, 4.69) is 10.3 Å². The van der Waals surface area contributed by atoms with Gasteiger partial charge in [-0.05, 0) is 25.8 Å². The van der Waals surface area contributed by atoms with Crippen LogP contribution in [0.3, 0.4) is 0 Å². The lowest BCUT2D eigenvalue weighted by atomic mass is 9.95. The van der Waals surface area contributed by atoms with Crippen molar-refractivity contribution in [2.24, 2.45) is 0 Å². The average Bonchev–Trinajstić information content (AvgIpc) is 2.37. The molecule has 0 amide bonds. The standard InChI is InChI=1S/C12H16N4O2/c1-4-12(3,5-2)15-11-10(16(17)18)9(8-13)6-7-14-11/h6-7H,4-5H2,1-3H3,(H,14,15). The lowest BCUT2D eigenvalue weighted by molar-refractivity contribution is -0.384. The molecule has 0 aliphatic heterocycles. The van der Waals surface area contributed by atoms with Gasteiger partial charge >= 0.3 is 5.69 Å². The smallest absolute Gasteiger partial charge is 0.328 e. The fourth-order valence-electron chi connectivity index (χ4n) is 1.53. The van der Waals surface area contributed by atoms with Crippen LogP contribution in [-0.4, -0.2) is 15.4 Å². The first-order valence-electron chi connectivity index (χ1n) is 5.79. The molecule has 0 aromatic carbocycles. The molecule has 6 nitrogen and oxygen atoms in total. The Labute approximate surface area is 106 Å². The lowest BCUT2D eigenvalue weighted by Gasteiger charge is -2.28. The van der Waals surface area contributed by atoms with Gasteiger partial charge in [-0.2, -0.15) is 5.26 Å². The molecule has 0 aliphatic rings. The van der Waals surface area contributed by atoms with Gasteiger partial charge in [0.2, 0.25) is 5.82 Å². The summed E-state index contributed by atoms with van der Waals surface area (Å²) >= 11 is 0. The zero-order chi connectivity index (χ0) is 13.8. The molecule has 1 rings (SSSR count). The second-order valence-electron chi connectivity index (χ2n) is 4.32. The molecule has 0 spiro atoms. The lowest BCUT2D eigenvalue weighted by Crippen LogP contribution is -2.33. The summed E-state index contributed by atoms with van der Waals surface area (Å²) in [5, 5.41) is 23.0. The number of nitro groups is 1. The number of anilines is 1. The van der Waals surface area contributed by atoms with E-state index in [9.17, 15) is 10.1 Å². The first-order chi connectivity index (χ1) is 8.47. The first-order valence-corrected chi connectivity index (χ1v) is 5.79. The van der Waals surface area contributed by atoms with Crippen LogP contribution < -0.4 is 5.32 Å². The van der Waals surface area contributed by atoms with Gasteiger partial charge in [0.05, 0.1) is 4.92 Å². The van der Waals surface area contributed by atoms with Gasteiger partial charge in [-0.3, -0.25) is 10.1 Å². The van der Waals surface area contributed by atoms with Crippen LogP contribution in [0.4, 0.5) is 11.5 Å². The van der Waals surface area contributed by atoms with Crippen LogP contribution in [0.25, 0.3) is 0 Å². The highest BCUT2D eigenvalue weighted by Crippen LogP contribution is 2.30. The monoisotopic (exact) mass is 248 g/mol. The van der Waals surface area contributed by atoms with Crippen LogP contribution >= 0.6 is 0 Å². The zero-order valence-corrected chi connectivity index (χ0v) is 10.7. The molecule has 0 aliphatic carbocycles. The molecule has 0 atom stereocenters. The summed E-state index contributed by atoms with van der Waals surface area (Å²) < 4.78 is 0. The number of pyridine rings is 1. The molecule has 0 radical (unpaired) electrons. The minimum Gasteiger partial charge on any atom is -0.359 e. The molecule has 0 saturated carbocycles. The second-order valence-corrected chi connectivity index (χ2v) is 4.32. The molecule has 0 bridgehead atoms. The Balaban J connectivity index is 3.26. The summed E-state index contributed by atoms with van der Waals surface area (Å²) in [7, 11) is 0. The molecule has 18 heavy (non-hydrogen) atoms. The maximum absolute atomic E-state index is 11.0. The summed E-state index contributed by atoms with van der Waals surface area (Å²) in [6.45, 7) is 5.96. The fourth-order valence-corrected chi connectivity index (χ4v) is 1.53. The van der Waals surface area contributed by atoms with Crippen LogP contribution in [0.15, 0.2) is 12.3 Å². The molecule has 0 fully saturated rings. The van der Waals surface area contributed by atoms with Gasteiger partial charge in [0, 0.05) is 11.7 Å². The van der Waals surface area contributed by atoms with Gasteiger partial charge in [0.1, 0.15) is 11.6 Å². The Hall–Kier alpha value is -2.16. The maximum atomic E-state index is 11.0. The molecule has 1 aromatic heterocycles. The molecule has 6 heteroatoms. The summed E-state index contributed by atoms with van der Waals surface area (Å²) in [4.78, 5) is 14.5. The third-order valence-corrected chi connectivity index (χ3v) is 3.21. The number of nitrogens with zero attached hydrogens (tertiary/aromatic N) is 3. The fraction of sp³-hybridized carbons (Fsp3) is 0.500. The third-order valence-electron chi connectivity index (χ3n) is 3.21. The Kier molecular flexibility index (Phi) is 4.21. The van der Waals surface area contributed by atoms with Crippen molar-refractivity contribution in [3.8, 4) is 6.07 Å². The van der Waals surface area contributed by atoms with Crippen molar-refractivity contribution in [1.82, 2.24) is 4.98 Å². The highest BCUT2D eigenvalue weighted by atomic mass is 16.6. The predicted molar refractivity (Wildman–Crippen MR) is 68.2 cm³/mol. The molecular formula is C12H16N4O2. The normalized spacial score (nSPS) is 10.8. The number of hydrogen-bond donors (Lipinski definition) is 1. The van der Waals surface area contributed by atoms with Gasteiger partial charge in [-0.25, -0.2) is 4.98 Å². The molecular weight excluding hydrogens is 232 g/mol. The molecule has 0 unspecified atom stereocenters. The van der Waals surface area contributed by atoms with E-state index < -0.39 is 4.92 Å².